The summed E-state index contributed by atoms with van der Waals surface area (Å²) in [5, 5.41) is 5.58. The number of amides is 3. The van der Waals surface area contributed by atoms with Crippen LogP contribution in [0.4, 0.5) is 0 Å². The summed E-state index contributed by atoms with van der Waals surface area (Å²) in [6, 6.07) is -0.367. The van der Waals surface area contributed by atoms with Gasteiger partial charge in [-0.15, -0.1) is 0 Å². The fraction of sp³-hybridized carbons (Fsp3) is 0.750. The normalized spacial score (nSPS) is 23.4. The number of hydrogen-bond acceptors (Lipinski definition) is 5. The quantitative estimate of drug-likeness (QED) is 0.593. The van der Waals surface area contributed by atoms with Crippen molar-refractivity contribution in [2.24, 2.45) is 0 Å². The van der Waals surface area contributed by atoms with E-state index < -0.39 is 0 Å². The van der Waals surface area contributed by atoms with Crippen LogP contribution in [0.15, 0.2) is 0 Å². The molecule has 2 saturated heterocycles. The van der Waals surface area contributed by atoms with E-state index in [4.69, 9.17) is 4.74 Å². The second-order valence-electron chi connectivity index (χ2n) is 4.88. The van der Waals surface area contributed by atoms with Crippen molar-refractivity contribution >= 4 is 17.7 Å². The zero-order chi connectivity index (χ0) is 14.5. The molecule has 2 aliphatic rings. The summed E-state index contributed by atoms with van der Waals surface area (Å²) in [5.41, 5.74) is 0. The molecule has 8 nitrogen and oxygen atoms in total. The maximum atomic E-state index is 12.2. The SMILES string of the molecule is COCC(=O)N1CCN(C(=O)C2CNC(=O)CN2)CC1. The summed E-state index contributed by atoms with van der Waals surface area (Å²) in [6.45, 7) is 2.63. The molecule has 1 atom stereocenters. The van der Waals surface area contributed by atoms with Gasteiger partial charge in [0.05, 0.1) is 6.54 Å². The van der Waals surface area contributed by atoms with Gasteiger partial charge in [-0.25, -0.2) is 0 Å². The maximum absolute atomic E-state index is 12.2. The van der Waals surface area contributed by atoms with E-state index in [0.29, 0.717) is 32.7 Å². The number of nitrogens with one attached hydrogen (secondary N) is 2. The zero-order valence-corrected chi connectivity index (χ0v) is 11.6. The number of carbonyl (C=O) groups is 3. The van der Waals surface area contributed by atoms with Crippen LogP contribution >= 0.6 is 0 Å². The lowest BCUT2D eigenvalue weighted by atomic mass is 10.2. The number of ether oxygens (including phenoxy) is 1. The summed E-state index contributed by atoms with van der Waals surface area (Å²) >= 11 is 0. The van der Waals surface area contributed by atoms with Crippen LogP contribution in [0.3, 0.4) is 0 Å². The van der Waals surface area contributed by atoms with E-state index in [0.717, 1.165) is 0 Å². The zero-order valence-electron chi connectivity index (χ0n) is 11.6. The van der Waals surface area contributed by atoms with E-state index in [-0.39, 0.29) is 36.9 Å². The molecular formula is C12H20N4O4. The van der Waals surface area contributed by atoms with Crippen molar-refractivity contribution in [1.29, 1.82) is 0 Å². The Labute approximate surface area is 117 Å². The Hall–Kier alpha value is -1.67. The molecule has 0 saturated carbocycles. The molecule has 0 spiro atoms. The first-order chi connectivity index (χ1) is 9.61. The van der Waals surface area contributed by atoms with Crippen molar-refractivity contribution in [3.05, 3.63) is 0 Å². The average molecular weight is 284 g/mol. The van der Waals surface area contributed by atoms with Gasteiger partial charge in [0.2, 0.25) is 17.7 Å². The highest BCUT2D eigenvalue weighted by atomic mass is 16.5. The summed E-state index contributed by atoms with van der Waals surface area (Å²) in [6.07, 6.45) is 0. The monoisotopic (exact) mass is 284 g/mol. The molecule has 0 aromatic heterocycles. The summed E-state index contributed by atoms with van der Waals surface area (Å²) in [7, 11) is 1.49. The second-order valence-corrected chi connectivity index (χ2v) is 4.88. The molecular weight excluding hydrogens is 264 g/mol. The standard InChI is InChI=1S/C12H20N4O4/c1-20-8-11(18)15-2-4-16(5-3-15)12(19)9-6-14-10(17)7-13-9/h9,13H,2-8H2,1H3,(H,14,17). The van der Waals surface area contributed by atoms with E-state index in [1.54, 1.807) is 9.80 Å². The van der Waals surface area contributed by atoms with Crippen LogP contribution in [0.2, 0.25) is 0 Å². The van der Waals surface area contributed by atoms with Gasteiger partial charge in [-0.2, -0.15) is 0 Å². The predicted molar refractivity (Wildman–Crippen MR) is 69.8 cm³/mol. The van der Waals surface area contributed by atoms with Crippen LogP contribution in [0.25, 0.3) is 0 Å². The van der Waals surface area contributed by atoms with Crippen LogP contribution in [0, 0.1) is 0 Å². The van der Waals surface area contributed by atoms with Gasteiger partial charge in [0.1, 0.15) is 12.6 Å². The molecule has 1 unspecified atom stereocenters. The number of nitrogens with zero attached hydrogens (tertiary/aromatic N) is 2. The van der Waals surface area contributed by atoms with Gasteiger partial charge in [0.15, 0.2) is 0 Å². The minimum absolute atomic E-state index is 0.0242. The van der Waals surface area contributed by atoms with Crippen LogP contribution in [0.1, 0.15) is 0 Å². The van der Waals surface area contributed by atoms with E-state index in [1.807, 2.05) is 0 Å². The Kier molecular flexibility index (Phi) is 4.91. The fourth-order valence-electron chi connectivity index (χ4n) is 2.35. The first-order valence-electron chi connectivity index (χ1n) is 6.67. The largest absolute Gasteiger partial charge is 0.375 e. The van der Waals surface area contributed by atoms with Gasteiger partial charge in [0, 0.05) is 39.8 Å². The van der Waals surface area contributed by atoms with Crippen LogP contribution in [-0.4, -0.2) is 86.5 Å². The van der Waals surface area contributed by atoms with Crippen molar-refractivity contribution < 1.29 is 19.1 Å². The summed E-state index contributed by atoms with van der Waals surface area (Å²) in [5.74, 6) is -0.171. The topological polar surface area (TPSA) is 91.0 Å². The molecule has 112 valence electrons. The highest BCUT2D eigenvalue weighted by molar-refractivity contribution is 5.87. The number of methoxy groups -OCH3 is 1. The van der Waals surface area contributed by atoms with Gasteiger partial charge in [-0.3, -0.25) is 19.7 Å². The van der Waals surface area contributed by atoms with Crippen molar-refractivity contribution in [2.75, 3.05) is 53.0 Å². The molecule has 0 aliphatic carbocycles. The first kappa shape index (κ1) is 14.7. The Bertz CT molecular complexity index is 383. The highest BCUT2D eigenvalue weighted by Gasteiger charge is 2.30. The second kappa shape index (κ2) is 6.67. The number of rotatable bonds is 3. The minimum atomic E-state index is -0.367. The van der Waals surface area contributed by atoms with Gasteiger partial charge < -0.3 is 19.9 Å². The molecule has 0 aromatic carbocycles. The fourth-order valence-corrected chi connectivity index (χ4v) is 2.35. The lowest BCUT2D eigenvalue weighted by molar-refractivity contribution is -0.143. The van der Waals surface area contributed by atoms with E-state index >= 15 is 0 Å². The Morgan fingerprint density at radius 2 is 1.90 bits per heavy atom. The van der Waals surface area contributed by atoms with Crippen LogP contribution < -0.4 is 10.6 Å². The third kappa shape index (κ3) is 3.45. The van der Waals surface area contributed by atoms with Crippen LogP contribution in [0.5, 0.6) is 0 Å². The van der Waals surface area contributed by atoms with E-state index in [2.05, 4.69) is 10.6 Å². The lowest BCUT2D eigenvalue weighted by Crippen LogP contribution is -2.61. The predicted octanol–water partition coefficient (Wildman–Crippen LogP) is -2.61. The highest BCUT2D eigenvalue weighted by Crippen LogP contribution is 2.05. The first-order valence-corrected chi connectivity index (χ1v) is 6.67. The summed E-state index contributed by atoms with van der Waals surface area (Å²) in [4.78, 5) is 38.4. The molecule has 2 aliphatic heterocycles. The molecule has 20 heavy (non-hydrogen) atoms. The lowest BCUT2D eigenvalue weighted by Gasteiger charge is -2.37. The molecule has 3 amide bonds. The third-order valence-corrected chi connectivity index (χ3v) is 3.52. The summed E-state index contributed by atoms with van der Waals surface area (Å²) < 4.78 is 4.81. The molecule has 2 fully saturated rings. The number of hydrogen-bond donors (Lipinski definition) is 2. The van der Waals surface area contributed by atoms with Crippen molar-refractivity contribution in [3.63, 3.8) is 0 Å². The van der Waals surface area contributed by atoms with Gasteiger partial charge in [-0.05, 0) is 0 Å². The molecule has 2 heterocycles. The Balaban J connectivity index is 1.80. The number of carbonyl (C=O) groups excluding carboxylic acids is 3. The number of piperazine rings is 2. The maximum Gasteiger partial charge on any atom is 0.248 e. The minimum Gasteiger partial charge on any atom is -0.375 e. The van der Waals surface area contributed by atoms with Crippen molar-refractivity contribution in [2.45, 2.75) is 6.04 Å². The Morgan fingerprint density at radius 1 is 1.25 bits per heavy atom. The molecule has 2 rings (SSSR count). The smallest absolute Gasteiger partial charge is 0.248 e. The third-order valence-electron chi connectivity index (χ3n) is 3.52. The van der Waals surface area contributed by atoms with Crippen LogP contribution in [-0.2, 0) is 19.1 Å². The van der Waals surface area contributed by atoms with Crippen molar-refractivity contribution in [3.8, 4) is 0 Å². The Morgan fingerprint density at radius 3 is 2.45 bits per heavy atom. The molecule has 0 radical (unpaired) electrons. The van der Waals surface area contributed by atoms with Gasteiger partial charge in [0.25, 0.3) is 0 Å². The van der Waals surface area contributed by atoms with E-state index in [1.165, 1.54) is 7.11 Å². The molecule has 0 aromatic rings. The van der Waals surface area contributed by atoms with Crippen molar-refractivity contribution in [1.82, 2.24) is 20.4 Å². The molecule has 8 heteroatoms. The van der Waals surface area contributed by atoms with Gasteiger partial charge in [-0.1, -0.05) is 0 Å². The molecule has 0 bridgehead atoms. The van der Waals surface area contributed by atoms with E-state index in [9.17, 15) is 14.4 Å². The van der Waals surface area contributed by atoms with Gasteiger partial charge >= 0.3 is 0 Å². The average Bonchev–Trinajstić information content (AvgIpc) is 2.48. The molecule has 2 N–H and O–H groups in total.